The monoisotopic (exact) mass is 247 g/mol. The molecule has 64 valence electrons. The number of aliphatic hydroxyl groups is 1. The lowest BCUT2D eigenvalue weighted by Gasteiger charge is -1.96. The maximum atomic E-state index is 8.53. The van der Waals surface area contributed by atoms with Gasteiger partial charge in [0.15, 0.2) is 0 Å². The molecule has 1 N–H and O–H groups in total. The molecule has 0 spiro atoms. The van der Waals surface area contributed by atoms with E-state index in [1.54, 1.807) is 18.3 Å². The predicted octanol–water partition coefficient (Wildman–Crippen LogP) is 2.50. The summed E-state index contributed by atoms with van der Waals surface area (Å²) in [7, 11) is 0. The number of halogens is 2. The molecule has 0 aliphatic heterocycles. The van der Waals surface area contributed by atoms with Crippen molar-refractivity contribution < 1.29 is 5.11 Å². The highest BCUT2D eigenvalue weighted by molar-refractivity contribution is 9.10. The van der Waals surface area contributed by atoms with E-state index in [9.17, 15) is 0 Å². The molecule has 1 aromatic rings. The third-order valence-electron chi connectivity index (χ3n) is 1.24. The standard InChI is InChI=1S/C8H7BrClNO/c9-7-4-6(2-1-3-12)8(10)11-5-7/h1-2,4-5,12H,3H2/b2-1+. The van der Waals surface area contributed by atoms with E-state index in [4.69, 9.17) is 16.7 Å². The van der Waals surface area contributed by atoms with Gasteiger partial charge in [-0.15, -0.1) is 0 Å². The first-order valence-corrected chi connectivity index (χ1v) is 4.49. The molecule has 0 atom stereocenters. The topological polar surface area (TPSA) is 33.1 Å². The third-order valence-corrected chi connectivity index (χ3v) is 1.99. The molecule has 12 heavy (non-hydrogen) atoms. The molecular formula is C8H7BrClNO. The summed E-state index contributed by atoms with van der Waals surface area (Å²) in [6, 6.07) is 1.83. The molecule has 0 unspecified atom stereocenters. The van der Waals surface area contributed by atoms with Crippen LogP contribution in [0.15, 0.2) is 22.8 Å². The second-order valence-corrected chi connectivity index (χ2v) is 3.39. The minimum absolute atomic E-state index is 0.00282. The van der Waals surface area contributed by atoms with Crippen LogP contribution in [0.2, 0.25) is 5.15 Å². The van der Waals surface area contributed by atoms with Crippen molar-refractivity contribution >= 4 is 33.6 Å². The first-order chi connectivity index (χ1) is 5.74. The number of aliphatic hydroxyl groups excluding tert-OH is 1. The molecule has 1 aromatic heterocycles. The molecule has 0 aromatic carbocycles. The number of pyridine rings is 1. The largest absolute Gasteiger partial charge is 0.392 e. The van der Waals surface area contributed by atoms with E-state index in [2.05, 4.69) is 20.9 Å². The van der Waals surface area contributed by atoms with E-state index in [0.717, 1.165) is 10.0 Å². The zero-order valence-electron chi connectivity index (χ0n) is 6.17. The average molecular weight is 249 g/mol. The van der Waals surface area contributed by atoms with E-state index in [1.807, 2.05) is 6.07 Å². The Balaban J connectivity index is 2.97. The lowest BCUT2D eigenvalue weighted by atomic mass is 10.2. The van der Waals surface area contributed by atoms with Crippen molar-refractivity contribution in [3.63, 3.8) is 0 Å². The van der Waals surface area contributed by atoms with Crippen molar-refractivity contribution in [1.82, 2.24) is 4.98 Å². The number of aromatic nitrogens is 1. The van der Waals surface area contributed by atoms with Gasteiger partial charge in [0.2, 0.25) is 0 Å². The Morgan fingerprint density at radius 1 is 1.67 bits per heavy atom. The van der Waals surface area contributed by atoms with Gasteiger partial charge in [0.1, 0.15) is 5.15 Å². The Morgan fingerprint density at radius 2 is 2.42 bits per heavy atom. The molecule has 2 nitrogen and oxygen atoms in total. The van der Waals surface area contributed by atoms with Crippen LogP contribution in [-0.2, 0) is 0 Å². The second kappa shape index (κ2) is 4.60. The van der Waals surface area contributed by atoms with Crippen LogP contribution in [0.1, 0.15) is 5.56 Å². The van der Waals surface area contributed by atoms with Gasteiger partial charge in [0, 0.05) is 16.2 Å². The molecule has 4 heteroatoms. The summed E-state index contributed by atoms with van der Waals surface area (Å²) >= 11 is 9.04. The fourth-order valence-electron chi connectivity index (χ4n) is 0.735. The van der Waals surface area contributed by atoms with E-state index < -0.39 is 0 Å². The Kier molecular flexibility index (Phi) is 3.72. The van der Waals surface area contributed by atoms with Crippen LogP contribution in [0.3, 0.4) is 0 Å². The lowest BCUT2D eigenvalue weighted by molar-refractivity contribution is 0.343. The molecule has 0 amide bonds. The summed E-state index contributed by atoms with van der Waals surface area (Å²) < 4.78 is 0.865. The first kappa shape index (κ1) is 9.71. The van der Waals surface area contributed by atoms with Crippen molar-refractivity contribution in [2.45, 2.75) is 0 Å². The minimum Gasteiger partial charge on any atom is -0.392 e. The van der Waals surface area contributed by atoms with Crippen LogP contribution in [-0.4, -0.2) is 16.7 Å². The van der Waals surface area contributed by atoms with Gasteiger partial charge in [-0.3, -0.25) is 0 Å². The minimum atomic E-state index is 0.00282. The predicted molar refractivity (Wildman–Crippen MR) is 53.1 cm³/mol. The van der Waals surface area contributed by atoms with Crippen LogP contribution < -0.4 is 0 Å². The Bertz CT molecular complexity index is 301. The van der Waals surface area contributed by atoms with Crippen LogP contribution >= 0.6 is 27.5 Å². The van der Waals surface area contributed by atoms with Gasteiger partial charge in [0.05, 0.1) is 6.61 Å². The summed E-state index contributed by atoms with van der Waals surface area (Å²) in [6.45, 7) is 0.00282. The lowest BCUT2D eigenvalue weighted by Crippen LogP contribution is -1.81. The Hall–Kier alpha value is -0.380. The smallest absolute Gasteiger partial charge is 0.136 e. The number of hydrogen-bond donors (Lipinski definition) is 1. The van der Waals surface area contributed by atoms with E-state index in [1.165, 1.54) is 0 Å². The van der Waals surface area contributed by atoms with Gasteiger partial charge in [-0.2, -0.15) is 0 Å². The molecule has 1 heterocycles. The van der Waals surface area contributed by atoms with Crippen LogP contribution in [0.25, 0.3) is 6.08 Å². The Morgan fingerprint density at radius 3 is 3.08 bits per heavy atom. The maximum Gasteiger partial charge on any atom is 0.136 e. The number of rotatable bonds is 2. The molecule has 0 fully saturated rings. The highest BCUT2D eigenvalue weighted by atomic mass is 79.9. The summed E-state index contributed by atoms with van der Waals surface area (Å²) in [5, 5.41) is 8.96. The van der Waals surface area contributed by atoms with Crippen molar-refractivity contribution in [1.29, 1.82) is 0 Å². The highest BCUT2D eigenvalue weighted by Gasteiger charge is 1.97. The second-order valence-electron chi connectivity index (χ2n) is 2.12. The molecule has 0 radical (unpaired) electrons. The van der Waals surface area contributed by atoms with E-state index >= 15 is 0 Å². The molecular weight excluding hydrogens is 241 g/mol. The van der Waals surface area contributed by atoms with Crippen LogP contribution in [0, 0.1) is 0 Å². The average Bonchev–Trinajstić information content (AvgIpc) is 2.07. The zero-order chi connectivity index (χ0) is 8.97. The van der Waals surface area contributed by atoms with Crippen molar-refractivity contribution in [2.75, 3.05) is 6.61 Å². The van der Waals surface area contributed by atoms with Gasteiger partial charge >= 0.3 is 0 Å². The van der Waals surface area contributed by atoms with Gasteiger partial charge in [-0.05, 0) is 22.0 Å². The zero-order valence-corrected chi connectivity index (χ0v) is 8.51. The number of hydrogen-bond acceptors (Lipinski definition) is 2. The normalized spacial score (nSPS) is 10.9. The first-order valence-electron chi connectivity index (χ1n) is 3.32. The Labute approximate surface area is 84.0 Å². The summed E-state index contributed by atoms with van der Waals surface area (Å²) in [4.78, 5) is 3.92. The van der Waals surface area contributed by atoms with Gasteiger partial charge in [0.25, 0.3) is 0 Å². The molecule has 0 saturated carbocycles. The van der Waals surface area contributed by atoms with E-state index in [-0.39, 0.29) is 6.61 Å². The molecule has 0 aliphatic rings. The molecule has 1 rings (SSSR count). The highest BCUT2D eigenvalue weighted by Crippen LogP contribution is 2.18. The summed E-state index contributed by atoms with van der Waals surface area (Å²) in [6.07, 6.45) is 4.95. The molecule has 0 aliphatic carbocycles. The summed E-state index contributed by atoms with van der Waals surface area (Å²) in [5.74, 6) is 0. The summed E-state index contributed by atoms with van der Waals surface area (Å²) in [5.41, 5.74) is 0.792. The maximum absolute atomic E-state index is 8.53. The van der Waals surface area contributed by atoms with Crippen LogP contribution in [0.5, 0.6) is 0 Å². The van der Waals surface area contributed by atoms with Crippen molar-refractivity contribution in [3.8, 4) is 0 Å². The number of nitrogens with zero attached hydrogens (tertiary/aromatic N) is 1. The fourth-order valence-corrected chi connectivity index (χ4v) is 1.25. The molecule has 0 bridgehead atoms. The van der Waals surface area contributed by atoms with Gasteiger partial charge in [-0.1, -0.05) is 23.8 Å². The molecule has 0 saturated heterocycles. The van der Waals surface area contributed by atoms with E-state index in [0.29, 0.717) is 5.15 Å². The van der Waals surface area contributed by atoms with Crippen molar-refractivity contribution in [3.05, 3.63) is 33.5 Å². The third kappa shape index (κ3) is 2.59. The van der Waals surface area contributed by atoms with Gasteiger partial charge in [-0.25, -0.2) is 4.98 Å². The van der Waals surface area contributed by atoms with Crippen LogP contribution in [0.4, 0.5) is 0 Å². The van der Waals surface area contributed by atoms with Crippen molar-refractivity contribution in [2.24, 2.45) is 0 Å². The fraction of sp³-hybridized carbons (Fsp3) is 0.125. The quantitative estimate of drug-likeness (QED) is 0.816. The van der Waals surface area contributed by atoms with Gasteiger partial charge < -0.3 is 5.11 Å². The SMILES string of the molecule is OC/C=C/c1cc(Br)cnc1Cl.